The van der Waals surface area contributed by atoms with E-state index in [1.54, 1.807) is 6.07 Å². The fourth-order valence-electron chi connectivity index (χ4n) is 1.16. The number of aromatic carboxylic acids is 1. The maximum atomic E-state index is 10.2. The van der Waals surface area contributed by atoms with Crippen LogP contribution >= 0.6 is 0 Å². The van der Waals surface area contributed by atoms with E-state index >= 15 is 0 Å². The summed E-state index contributed by atoms with van der Waals surface area (Å²) < 4.78 is 0. The molecule has 0 saturated carbocycles. The number of nitrogens with zero attached hydrogens (tertiary/aromatic N) is 1. The van der Waals surface area contributed by atoms with Gasteiger partial charge in [0.1, 0.15) is 24.4 Å². The number of rotatable bonds is 6. The molecule has 0 saturated heterocycles. The molecule has 0 aliphatic carbocycles. The van der Waals surface area contributed by atoms with Gasteiger partial charge in [0.25, 0.3) is 0 Å². The summed E-state index contributed by atoms with van der Waals surface area (Å²) in [7, 11) is 0. The molecule has 0 spiro atoms. The number of hydrogen-bond acceptors (Lipinski definition) is 8. The summed E-state index contributed by atoms with van der Waals surface area (Å²) in [4.78, 5) is 13.8. The Morgan fingerprint density at radius 2 is 1.52 bits per heavy atom. The summed E-state index contributed by atoms with van der Waals surface area (Å²) in [5, 5.41) is 60.5. The van der Waals surface area contributed by atoms with Crippen molar-refractivity contribution in [3.05, 3.63) is 30.1 Å². The van der Waals surface area contributed by atoms with Crippen LogP contribution in [0.25, 0.3) is 0 Å². The van der Waals surface area contributed by atoms with E-state index in [0.29, 0.717) is 0 Å². The lowest BCUT2D eigenvalue weighted by Gasteiger charge is -2.24. The third kappa shape index (κ3) is 7.09. The number of aliphatic hydroxyl groups excluding tert-OH is 6. The lowest BCUT2D eigenvalue weighted by molar-refractivity contribution is -0.123. The van der Waals surface area contributed by atoms with Gasteiger partial charge in [0, 0.05) is 12.4 Å². The number of hydrogen-bond donors (Lipinski definition) is 7. The average Bonchev–Trinajstić information content (AvgIpc) is 2.53. The van der Waals surface area contributed by atoms with Crippen LogP contribution in [0.15, 0.2) is 24.5 Å². The monoisotopic (exact) mass is 305 g/mol. The summed E-state index contributed by atoms with van der Waals surface area (Å²) in [6, 6.07) is 3.08. The molecule has 0 fully saturated rings. The summed E-state index contributed by atoms with van der Waals surface area (Å²) in [5.41, 5.74) is 0.220. The smallest absolute Gasteiger partial charge is 0.337 e. The third-order valence-electron chi connectivity index (χ3n) is 2.42. The Labute approximate surface area is 120 Å². The van der Waals surface area contributed by atoms with Gasteiger partial charge in [-0.15, -0.1) is 0 Å². The van der Waals surface area contributed by atoms with Gasteiger partial charge in [0.2, 0.25) is 0 Å². The summed E-state index contributed by atoms with van der Waals surface area (Å²) in [6.07, 6.45) is -3.55. The second kappa shape index (κ2) is 10.2. The van der Waals surface area contributed by atoms with Crippen molar-refractivity contribution in [3.8, 4) is 0 Å². The van der Waals surface area contributed by atoms with E-state index in [0.717, 1.165) is 0 Å². The predicted octanol–water partition coefficient (Wildman–Crippen LogP) is -2.81. The second-order valence-electron chi connectivity index (χ2n) is 4.03. The number of aromatic nitrogens is 1. The molecule has 0 radical (unpaired) electrons. The average molecular weight is 305 g/mol. The SMILES string of the molecule is O=C(O)c1cccnc1.OCC(O)C(O)C(O)C(O)CO. The van der Waals surface area contributed by atoms with Crippen molar-refractivity contribution in [3.63, 3.8) is 0 Å². The van der Waals surface area contributed by atoms with E-state index in [1.807, 2.05) is 0 Å². The molecule has 1 heterocycles. The fraction of sp³-hybridized carbons (Fsp3) is 0.500. The van der Waals surface area contributed by atoms with Gasteiger partial charge in [-0.3, -0.25) is 4.98 Å². The summed E-state index contributed by atoms with van der Waals surface area (Å²) in [5.74, 6) is -0.942. The molecule has 0 aliphatic rings. The van der Waals surface area contributed by atoms with Gasteiger partial charge in [-0.2, -0.15) is 0 Å². The highest BCUT2D eigenvalue weighted by Gasteiger charge is 2.29. The van der Waals surface area contributed by atoms with Crippen LogP contribution in [0.5, 0.6) is 0 Å². The van der Waals surface area contributed by atoms with Gasteiger partial charge in [0.15, 0.2) is 0 Å². The highest BCUT2D eigenvalue weighted by molar-refractivity contribution is 5.86. The minimum atomic E-state index is -1.67. The van der Waals surface area contributed by atoms with Crippen molar-refractivity contribution in [2.24, 2.45) is 0 Å². The minimum Gasteiger partial charge on any atom is -0.478 e. The van der Waals surface area contributed by atoms with Crippen LogP contribution in [0.3, 0.4) is 0 Å². The third-order valence-corrected chi connectivity index (χ3v) is 2.42. The Morgan fingerprint density at radius 3 is 1.76 bits per heavy atom. The topological polar surface area (TPSA) is 172 Å². The zero-order valence-electron chi connectivity index (χ0n) is 11.0. The Balaban J connectivity index is 0.000000394. The molecule has 9 heteroatoms. The molecule has 1 aromatic rings. The molecule has 1 rings (SSSR count). The number of carboxylic acid groups (broad SMARTS) is 1. The van der Waals surface area contributed by atoms with Gasteiger partial charge in [-0.1, -0.05) is 0 Å². The molecule has 9 nitrogen and oxygen atoms in total. The van der Waals surface area contributed by atoms with E-state index < -0.39 is 43.6 Å². The number of carbonyl (C=O) groups is 1. The number of aliphatic hydroxyl groups is 6. The number of pyridine rings is 1. The van der Waals surface area contributed by atoms with Crippen LogP contribution < -0.4 is 0 Å². The van der Waals surface area contributed by atoms with E-state index in [1.165, 1.54) is 18.5 Å². The zero-order chi connectivity index (χ0) is 16.4. The first-order valence-corrected chi connectivity index (χ1v) is 5.92. The van der Waals surface area contributed by atoms with Gasteiger partial charge in [-0.25, -0.2) is 4.79 Å². The van der Waals surface area contributed by atoms with E-state index in [-0.39, 0.29) is 5.56 Å². The molecule has 0 aliphatic heterocycles. The maximum absolute atomic E-state index is 10.2. The largest absolute Gasteiger partial charge is 0.478 e. The standard InChI is InChI=1S/C6H5NO2.C6H14O6/c8-6(9)5-2-1-3-7-4-5;7-1-3(9)5(11)6(12)4(10)2-8/h1-4H,(H,8,9);3-12H,1-2H2. The first-order chi connectivity index (χ1) is 9.84. The molecular formula is C12H19NO8. The first kappa shape index (κ1) is 19.4. The molecule has 0 aromatic carbocycles. The normalized spacial score (nSPS) is 16.1. The maximum Gasteiger partial charge on any atom is 0.337 e. The first-order valence-electron chi connectivity index (χ1n) is 5.92. The van der Waals surface area contributed by atoms with Crippen LogP contribution in [-0.4, -0.2) is 84.3 Å². The van der Waals surface area contributed by atoms with E-state index in [2.05, 4.69) is 4.98 Å². The van der Waals surface area contributed by atoms with Gasteiger partial charge in [-0.05, 0) is 12.1 Å². The van der Waals surface area contributed by atoms with Gasteiger partial charge >= 0.3 is 5.97 Å². The molecule has 4 unspecified atom stereocenters. The molecule has 0 bridgehead atoms. The van der Waals surface area contributed by atoms with Crippen molar-refractivity contribution >= 4 is 5.97 Å². The molecule has 0 amide bonds. The molecule has 120 valence electrons. The van der Waals surface area contributed by atoms with Gasteiger partial charge < -0.3 is 35.7 Å². The van der Waals surface area contributed by atoms with Crippen LogP contribution in [0, 0.1) is 0 Å². The highest BCUT2D eigenvalue weighted by atomic mass is 16.4. The zero-order valence-corrected chi connectivity index (χ0v) is 11.0. The predicted molar refractivity (Wildman–Crippen MR) is 69.4 cm³/mol. The van der Waals surface area contributed by atoms with E-state index in [4.69, 9.17) is 35.7 Å². The molecular weight excluding hydrogens is 286 g/mol. The van der Waals surface area contributed by atoms with Crippen molar-refractivity contribution < 1.29 is 40.5 Å². The lowest BCUT2D eigenvalue weighted by Crippen LogP contribution is -2.46. The Hall–Kier alpha value is -1.62. The lowest BCUT2D eigenvalue weighted by atomic mass is 10.0. The van der Waals surface area contributed by atoms with Crippen LogP contribution in [0.1, 0.15) is 10.4 Å². The van der Waals surface area contributed by atoms with Gasteiger partial charge in [0.05, 0.1) is 18.8 Å². The number of carboxylic acids is 1. The van der Waals surface area contributed by atoms with Crippen LogP contribution in [-0.2, 0) is 0 Å². The van der Waals surface area contributed by atoms with Crippen molar-refractivity contribution in [1.29, 1.82) is 0 Å². The minimum absolute atomic E-state index is 0.220. The summed E-state index contributed by atoms with van der Waals surface area (Å²) >= 11 is 0. The Kier molecular flexibility index (Phi) is 9.37. The second-order valence-corrected chi connectivity index (χ2v) is 4.03. The molecule has 7 N–H and O–H groups in total. The molecule has 4 atom stereocenters. The molecule has 1 aromatic heterocycles. The summed E-state index contributed by atoms with van der Waals surface area (Å²) in [6.45, 7) is -1.45. The molecule has 21 heavy (non-hydrogen) atoms. The van der Waals surface area contributed by atoms with Crippen molar-refractivity contribution in [2.75, 3.05) is 13.2 Å². The van der Waals surface area contributed by atoms with Crippen molar-refractivity contribution in [1.82, 2.24) is 4.98 Å². The van der Waals surface area contributed by atoms with Crippen LogP contribution in [0.2, 0.25) is 0 Å². The highest BCUT2D eigenvalue weighted by Crippen LogP contribution is 2.04. The van der Waals surface area contributed by atoms with E-state index in [9.17, 15) is 4.79 Å². The quantitative estimate of drug-likeness (QED) is 0.293. The van der Waals surface area contributed by atoms with Crippen LogP contribution in [0.4, 0.5) is 0 Å². The fourth-order valence-corrected chi connectivity index (χ4v) is 1.16. The Morgan fingerprint density at radius 1 is 1.05 bits per heavy atom. The Bertz CT molecular complexity index is 388. The van der Waals surface area contributed by atoms with Crippen molar-refractivity contribution in [2.45, 2.75) is 24.4 Å².